The highest BCUT2D eigenvalue weighted by molar-refractivity contribution is 6.21. The van der Waals surface area contributed by atoms with Gasteiger partial charge in [-0.25, -0.2) is 0 Å². The number of furan rings is 2. The third-order valence-corrected chi connectivity index (χ3v) is 20.1. The molecule has 2 aromatic heterocycles. The summed E-state index contributed by atoms with van der Waals surface area (Å²) in [7, 11) is 0. The van der Waals surface area contributed by atoms with Crippen molar-refractivity contribution in [2.45, 2.75) is 5.41 Å². The molecule has 1 aliphatic rings. The Bertz CT molecular complexity index is 5690. The van der Waals surface area contributed by atoms with Crippen LogP contribution >= 0.6 is 0 Å². The Kier molecular flexibility index (Phi) is 13.1. The van der Waals surface area contributed by atoms with Gasteiger partial charge in [0, 0.05) is 43.4 Å². The summed E-state index contributed by atoms with van der Waals surface area (Å²) < 4.78 is 14.4. The molecule has 97 heavy (non-hydrogen) atoms. The number of fused-ring (bicyclic) bond motifs is 13. The van der Waals surface area contributed by atoms with Crippen molar-refractivity contribution in [2.75, 3.05) is 9.80 Å². The van der Waals surface area contributed by atoms with Crippen molar-refractivity contribution in [3.8, 4) is 55.6 Å². The fraction of sp³-hybridized carbons (Fsp3) is 0.0108. The summed E-state index contributed by atoms with van der Waals surface area (Å²) >= 11 is 0. The SMILES string of the molecule is c1ccc(-c2ccc(-c3ccccc3)c(N(c3cc4c(c5ccccc35)-c3c(cc(N(c5cc(-c6ccccc6)ccc5-c5ccccc5)c5cccc6c5oc5ccccc56)c5ccccc35)C4(c3ccccc3)c3ccccc3)c3cccc4c3oc3ccccc34)c2)cc1. The average Bonchev–Trinajstić information content (AvgIpc) is 1.51. The second-order valence-electron chi connectivity index (χ2n) is 25.3. The van der Waals surface area contributed by atoms with Crippen molar-refractivity contribution in [1.82, 2.24) is 0 Å². The molecule has 1 aliphatic carbocycles. The summed E-state index contributed by atoms with van der Waals surface area (Å²) in [5.41, 5.74) is 24.1. The van der Waals surface area contributed by atoms with Crippen LogP contribution in [-0.4, -0.2) is 0 Å². The fourth-order valence-electron chi connectivity index (χ4n) is 15.9. The number of hydrogen-bond donors (Lipinski definition) is 0. The minimum Gasteiger partial charge on any atom is -0.454 e. The smallest absolute Gasteiger partial charge is 0.159 e. The topological polar surface area (TPSA) is 32.8 Å². The molecule has 0 spiro atoms. The van der Waals surface area contributed by atoms with Crippen LogP contribution in [-0.2, 0) is 5.41 Å². The van der Waals surface area contributed by atoms with Gasteiger partial charge in [0.1, 0.15) is 11.2 Å². The van der Waals surface area contributed by atoms with E-state index in [1.54, 1.807) is 0 Å². The summed E-state index contributed by atoms with van der Waals surface area (Å²) in [6, 6.07) is 133. The maximum absolute atomic E-state index is 7.22. The van der Waals surface area contributed by atoms with Gasteiger partial charge < -0.3 is 18.6 Å². The molecule has 0 bridgehead atoms. The van der Waals surface area contributed by atoms with Crippen LogP contribution in [0.1, 0.15) is 22.3 Å². The van der Waals surface area contributed by atoms with Crippen molar-refractivity contribution in [3.63, 3.8) is 0 Å². The molecule has 0 radical (unpaired) electrons. The van der Waals surface area contributed by atoms with Gasteiger partial charge >= 0.3 is 0 Å². The average molecular weight is 1240 g/mol. The van der Waals surface area contributed by atoms with E-state index >= 15 is 0 Å². The van der Waals surface area contributed by atoms with Crippen LogP contribution in [0.2, 0.25) is 0 Å². The molecule has 0 saturated heterocycles. The third kappa shape index (κ3) is 8.84. The molecule has 2 heterocycles. The summed E-state index contributed by atoms with van der Waals surface area (Å²) in [5, 5.41) is 8.69. The van der Waals surface area contributed by atoms with Gasteiger partial charge in [-0.3, -0.25) is 0 Å². The maximum atomic E-state index is 7.22. The lowest BCUT2D eigenvalue weighted by molar-refractivity contribution is 0.669. The van der Waals surface area contributed by atoms with Crippen molar-refractivity contribution in [1.29, 1.82) is 0 Å². The zero-order valence-corrected chi connectivity index (χ0v) is 52.9. The molecule has 0 unspecified atom stereocenters. The molecule has 18 aromatic rings. The first-order valence-corrected chi connectivity index (χ1v) is 33.3. The number of hydrogen-bond acceptors (Lipinski definition) is 4. The number of rotatable bonds is 12. The van der Waals surface area contributed by atoms with Crippen LogP contribution in [0.3, 0.4) is 0 Å². The lowest BCUT2D eigenvalue weighted by Gasteiger charge is -2.36. The van der Waals surface area contributed by atoms with Gasteiger partial charge in [-0.1, -0.05) is 315 Å². The zero-order chi connectivity index (χ0) is 64.0. The van der Waals surface area contributed by atoms with Gasteiger partial charge in [0.2, 0.25) is 0 Å². The van der Waals surface area contributed by atoms with Crippen LogP contribution in [0.25, 0.3) is 121 Å². The van der Waals surface area contributed by atoms with E-state index in [2.05, 4.69) is 374 Å². The summed E-state index contributed by atoms with van der Waals surface area (Å²) in [5.74, 6) is 0. The van der Waals surface area contributed by atoms with Crippen LogP contribution in [0.15, 0.2) is 373 Å². The molecule has 454 valence electrons. The lowest BCUT2D eigenvalue weighted by Crippen LogP contribution is -2.29. The molecular weight excluding hydrogens is 1180 g/mol. The van der Waals surface area contributed by atoms with Crippen LogP contribution in [0, 0.1) is 0 Å². The number of para-hydroxylation sites is 4. The second-order valence-corrected chi connectivity index (χ2v) is 25.3. The van der Waals surface area contributed by atoms with Gasteiger partial charge in [-0.2, -0.15) is 0 Å². The van der Waals surface area contributed by atoms with E-state index in [4.69, 9.17) is 8.83 Å². The molecule has 0 aliphatic heterocycles. The van der Waals surface area contributed by atoms with Crippen molar-refractivity contribution in [3.05, 3.63) is 386 Å². The Morgan fingerprint density at radius 2 is 0.526 bits per heavy atom. The van der Waals surface area contributed by atoms with Crippen molar-refractivity contribution in [2.24, 2.45) is 0 Å². The number of anilines is 6. The molecule has 0 saturated carbocycles. The summed E-state index contributed by atoms with van der Waals surface area (Å²) in [6.45, 7) is 0. The number of benzene rings is 16. The highest BCUT2D eigenvalue weighted by Crippen LogP contribution is 2.64. The van der Waals surface area contributed by atoms with Gasteiger partial charge in [-0.15, -0.1) is 0 Å². The van der Waals surface area contributed by atoms with E-state index in [0.29, 0.717) is 0 Å². The van der Waals surface area contributed by atoms with Crippen LogP contribution in [0.5, 0.6) is 0 Å². The van der Waals surface area contributed by atoms with Crippen LogP contribution in [0.4, 0.5) is 34.1 Å². The van der Waals surface area contributed by atoms with Gasteiger partial charge in [0.05, 0.1) is 39.5 Å². The molecule has 0 N–H and O–H groups in total. The minimum atomic E-state index is -0.943. The minimum absolute atomic E-state index is 0.805. The molecule has 4 heteroatoms. The largest absolute Gasteiger partial charge is 0.454 e. The normalized spacial score (nSPS) is 12.4. The molecular formula is C93H60N2O2. The van der Waals surface area contributed by atoms with E-state index in [9.17, 15) is 0 Å². The predicted molar refractivity (Wildman–Crippen MR) is 404 cm³/mol. The molecule has 0 fully saturated rings. The predicted octanol–water partition coefficient (Wildman–Crippen LogP) is 25.8. The standard InChI is InChI=1S/C93H60N2O2/c1-7-29-61(30-8-1)65-53-55-69(63-33-11-3-12-34-63)83(57-65)94(81-49-27-47-77-73-43-23-25-51-87(73)96-91(77)81)85-59-79-89(75-45-21-19-41-71(75)85)90-76-46-22-20-42-72(76)86(60-80(90)93(79,67-37-15-5-16-38-67)68-39-17-6-18-40-68)95(82-50-28-48-78-74-44-24-26-52-88(74)97-92(78)82)84-58-66(62-31-9-2-10-32-62)54-56-70(84)64-35-13-4-14-36-64/h1-60H. The Hall–Kier alpha value is -12.8. The first kappa shape index (κ1) is 55.8. The summed E-state index contributed by atoms with van der Waals surface area (Å²) in [6.07, 6.45) is 0. The Labute approximate surface area is 562 Å². The monoisotopic (exact) mass is 1240 g/mol. The Balaban J connectivity index is 0.976. The van der Waals surface area contributed by atoms with E-state index < -0.39 is 5.41 Å². The molecule has 0 amide bonds. The third-order valence-electron chi connectivity index (χ3n) is 20.1. The lowest BCUT2D eigenvalue weighted by atomic mass is 9.67. The Morgan fingerprint density at radius 3 is 0.918 bits per heavy atom. The highest BCUT2D eigenvalue weighted by Gasteiger charge is 2.49. The van der Waals surface area contributed by atoms with E-state index in [-0.39, 0.29) is 0 Å². The summed E-state index contributed by atoms with van der Waals surface area (Å²) in [4.78, 5) is 5.05. The van der Waals surface area contributed by atoms with Crippen molar-refractivity contribution >= 4 is 99.5 Å². The van der Waals surface area contributed by atoms with Gasteiger partial charge in [0.25, 0.3) is 0 Å². The van der Waals surface area contributed by atoms with E-state index in [0.717, 1.165) is 155 Å². The van der Waals surface area contributed by atoms with Gasteiger partial charge in [0.15, 0.2) is 11.2 Å². The van der Waals surface area contributed by atoms with Crippen molar-refractivity contribution < 1.29 is 8.83 Å². The number of nitrogens with zero attached hydrogens (tertiary/aromatic N) is 2. The van der Waals surface area contributed by atoms with Crippen LogP contribution < -0.4 is 9.80 Å². The van der Waals surface area contributed by atoms with Gasteiger partial charge in [-0.05, 0) is 126 Å². The molecule has 0 atom stereocenters. The molecule has 4 nitrogen and oxygen atoms in total. The Morgan fingerprint density at radius 1 is 0.206 bits per heavy atom. The fourth-order valence-corrected chi connectivity index (χ4v) is 15.9. The molecule has 19 rings (SSSR count). The zero-order valence-electron chi connectivity index (χ0n) is 52.9. The highest BCUT2D eigenvalue weighted by atomic mass is 16.3. The first-order chi connectivity index (χ1) is 48.2. The second kappa shape index (κ2) is 22.8. The molecule has 16 aromatic carbocycles. The van der Waals surface area contributed by atoms with E-state index in [1.165, 1.54) is 22.3 Å². The quantitative estimate of drug-likeness (QED) is 0.122. The first-order valence-electron chi connectivity index (χ1n) is 33.3. The maximum Gasteiger partial charge on any atom is 0.159 e. The van der Waals surface area contributed by atoms with E-state index in [1.807, 2.05) is 0 Å².